The van der Waals surface area contributed by atoms with Crippen LogP contribution in [0.1, 0.15) is 33.3 Å². The third-order valence-corrected chi connectivity index (χ3v) is 7.85. The Morgan fingerprint density at radius 3 is 1.97 bits per heavy atom. The maximum Gasteiger partial charge on any atom is 0.244 e. The van der Waals surface area contributed by atoms with Gasteiger partial charge in [0.1, 0.15) is 12.6 Å². The van der Waals surface area contributed by atoms with E-state index in [4.69, 9.17) is 58.0 Å². The average Bonchev–Trinajstić information content (AvgIpc) is 2.72. The van der Waals surface area contributed by atoms with Crippen LogP contribution in [0.5, 0.6) is 0 Å². The van der Waals surface area contributed by atoms with Crippen LogP contribution in [0.25, 0.3) is 0 Å². The molecule has 0 saturated heterocycles. The molecule has 0 saturated carbocycles. The Labute approximate surface area is 236 Å². The molecule has 2 aromatic rings. The summed E-state index contributed by atoms with van der Waals surface area (Å²) in [5.74, 6) is -1.15. The molecule has 1 atom stereocenters. The summed E-state index contributed by atoms with van der Waals surface area (Å²) in [5, 5.41) is 3.54. The molecule has 0 bridgehead atoms. The second kappa shape index (κ2) is 12.0. The van der Waals surface area contributed by atoms with Crippen LogP contribution in [0.2, 0.25) is 25.1 Å². The van der Waals surface area contributed by atoms with Crippen LogP contribution in [-0.2, 0) is 26.2 Å². The van der Waals surface area contributed by atoms with Gasteiger partial charge in [-0.25, -0.2) is 8.42 Å². The molecule has 2 amide bonds. The molecule has 0 heterocycles. The number of carbonyl (C=O) groups is 2. The molecule has 2 rings (SSSR count). The van der Waals surface area contributed by atoms with Crippen LogP contribution in [0, 0.1) is 0 Å². The molecule has 0 aliphatic rings. The topological polar surface area (TPSA) is 86.8 Å². The van der Waals surface area contributed by atoms with E-state index in [9.17, 15) is 18.0 Å². The number of anilines is 1. The van der Waals surface area contributed by atoms with Crippen LogP contribution in [0.4, 0.5) is 5.69 Å². The molecule has 0 aliphatic carbocycles. The molecule has 0 fully saturated rings. The molecule has 0 unspecified atom stereocenters. The zero-order valence-corrected chi connectivity index (χ0v) is 24.8. The van der Waals surface area contributed by atoms with E-state index in [1.165, 1.54) is 24.0 Å². The molecule has 0 aromatic heterocycles. The van der Waals surface area contributed by atoms with E-state index in [1.54, 1.807) is 39.0 Å². The lowest BCUT2D eigenvalue weighted by Gasteiger charge is -2.33. The Balaban J connectivity index is 2.54. The van der Waals surface area contributed by atoms with Gasteiger partial charge in [0.15, 0.2) is 0 Å². The quantitative estimate of drug-likeness (QED) is 0.366. The van der Waals surface area contributed by atoms with Gasteiger partial charge in [-0.1, -0.05) is 64.1 Å². The fourth-order valence-corrected chi connectivity index (χ4v) is 5.27. The first-order valence-electron chi connectivity index (χ1n) is 10.6. The molecule has 0 spiro atoms. The van der Waals surface area contributed by atoms with E-state index in [0.29, 0.717) is 5.56 Å². The number of rotatable bonds is 8. The summed E-state index contributed by atoms with van der Waals surface area (Å²) in [7, 11) is -4.02. The maximum absolute atomic E-state index is 13.6. The van der Waals surface area contributed by atoms with Gasteiger partial charge in [-0.3, -0.25) is 13.9 Å². The molecular formula is C23H26Cl5N3O4S. The van der Waals surface area contributed by atoms with Crippen LogP contribution < -0.4 is 9.62 Å². The summed E-state index contributed by atoms with van der Waals surface area (Å²) in [6, 6.07) is 6.38. The molecule has 36 heavy (non-hydrogen) atoms. The fraction of sp³-hybridized carbons (Fsp3) is 0.391. The smallest absolute Gasteiger partial charge is 0.244 e. The van der Waals surface area contributed by atoms with Crippen molar-refractivity contribution in [3.8, 4) is 0 Å². The monoisotopic (exact) mass is 615 g/mol. The summed E-state index contributed by atoms with van der Waals surface area (Å²) < 4.78 is 26.2. The van der Waals surface area contributed by atoms with Gasteiger partial charge in [0.25, 0.3) is 0 Å². The summed E-state index contributed by atoms with van der Waals surface area (Å²) in [6.45, 7) is 6.10. The number of nitrogens with one attached hydrogen (secondary N) is 1. The number of halogens is 5. The first-order valence-corrected chi connectivity index (χ1v) is 14.3. The fourth-order valence-electron chi connectivity index (χ4n) is 3.21. The Hall–Kier alpha value is -1.42. The van der Waals surface area contributed by atoms with Crippen molar-refractivity contribution in [1.82, 2.24) is 10.2 Å². The molecule has 0 radical (unpaired) electrons. The third kappa shape index (κ3) is 8.04. The molecular weight excluding hydrogens is 592 g/mol. The number of hydrogen-bond acceptors (Lipinski definition) is 4. The predicted octanol–water partition coefficient (Wildman–Crippen LogP) is 6.05. The SMILES string of the molecule is C[C@@H](C(=O)NC(C)(C)C)N(Cc1c(Cl)cccc1Cl)C(=O)CN(c1cc(Cl)c(Cl)cc1Cl)S(C)(=O)=O. The van der Waals surface area contributed by atoms with Gasteiger partial charge in [0.05, 0.1) is 27.0 Å². The number of nitrogens with zero attached hydrogens (tertiary/aromatic N) is 2. The molecule has 2 aromatic carbocycles. The second-order valence-corrected chi connectivity index (χ2v) is 13.1. The summed E-state index contributed by atoms with van der Waals surface area (Å²) in [5.41, 5.74) is -0.207. The van der Waals surface area contributed by atoms with Crippen molar-refractivity contribution in [2.45, 2.75) is 45.8 Å². The highest BCUT2D eigenvalue weighted by molar-refractivity contribution is 7.92. The summed E-state index contributed by atoms with van der Waals surface area (Å²) >= 11 is 31.0. The predicted molar refractivity (Wildman–Crippen MR) is 148 cm³/mol. The van der Waals surface area contributed by atoms with Crippen LogP contribution in [0.3, 0.4) is 0 Å². The number of hydrogen-bond donors (Lipinski definition) is 1. The average molecular weight is 618 g/mol. The van der Waals surface area contributed by atoms with E-state index in [-0.39, 0.29) is 37.3 Å². The standard InChI is InChI=1S/C23H26Cl5N3O4S/c1-13(22(33)29-23(2,3)4)30(11-14-15(24)7-6-8-16(14)25)21(32)12-31(36(5,34)35)20-10-18(27)17(26)9-19(20)28/h6-10,13H,11-12H2,1-5H3,(H,29,33)/t13-/m0/s1. The highest BCUT2D eigenvalue weighted by Crippen LogP contribution is 2.36. The Morgan fingerprint density at radius 2 is 1.47 bits per heavy atom. The summed E-state index contributed by atoms with van der Waals surface area (Å²) in [6.07, 6.45) is 0.921. The van der Waals surface area contributed by atoms with E-state index >= 15 is 0 Å². The maximum atomic E-state index is 13.6. The second-order valence-electron chi connectivity index (χ2n) is 9.12. The van der Waals surface area contributed by atoms with E-state index in [0.717, 1.165) is 10.6 Å². The van der Waals surface area contributed by atoms with Gasteiger partial charge in [-0.15, -0.1) is 0 Å². The molecule has 7 nitrogen and oxygen atoms in total. The number of sulfonamides is 1. The van der Waals surface area contributed by atoms with E-state index in [2.05, 4.69) is 5.32 Å². The van der Waals surface area contributed by atoms with Crippen molar-refractivity contribution in [3.05, 3.63) is 61.0 Å². The van der Waals surface area contributed by atoms with Crippen molar-refractivity contribution in [3.63, 3.8) is 0 Å². The lowest BCUT2D eigenvalue weighted by atomic mass is 10.1. The van der Waals surface area contributed by atoms with Gasteiger partial charge in [-0.05, 0) is 52.0 Å². The van der Waals surface area contributed by atoms with Crippen molar-refractivity contribution in [1.29, 1.82) is 0 Å². The lowest BCUT2D eigenvalue weighted by Crippen LogP contribution is -2.54. The zero-order valence-electron chi connectivity index (χ0n) is 20.2. The minimum Gasteiger partial charge on any atom is -0.350 e. The van der Waals surface area contributed by atoms with Gasteiger partial charge < -0.3 is 10.2 Å². The minimum absolute atomic E-state index is 0.0261. The van der Waals surface area contributed by atoms with Gasteiger partial charge >= 0.3 is 0 Å². The molecule has 198 valence electrons. The molecule has 0 aliphatic heterocycles. The number of amides is 2. The summed E-state index contributed by atoms with van der Waals surface area (Å²) in [4.78, 5) is 27.8. The van der Waals surface area contributed by atoms with Gasteiger partial charge in [0.2, 0.25) is 21.8 Å². The van der Waals surface area contributed by atoms with Crippen LogP contribution in [0.15, 0.2) is 30.3 Å². The van der Waals surface area contributed by atoms with Crippen molar-refractivity contribution < 1.29 is 18.0 Å². The van der Waals surface area contributed by atoms with Gasteiger partial charge in [0, 0.05) is 27.7 Å². The van der Waals surface area contributed by atoms with E-state index < -0.39 is 40.0 Å². The lowest BCUT2D eigenvalue weighted by molar-refractivity contribution is -0.140. The molecule has 13 heteroatoms. The van der Waals surface area contributed by atoms with Crippen molar-refractivity contribution in [2.24, 2.45) is 0 Å². The van der Waals surface area contributed by atoms with Crippen LogP contribution >= 0.6 is 58.0 Å². The number of benzene rings is 2. The minimum atomic E-state index is -4.02. The Bertz CT molecular complexity index is 1240. The number of carbonyl (C=O) groups excluding carboxylic acids is 2. The largest absolute Gasteiger partial charge is 0.350 e. The highest BCUT2D eigenvalue weighted by atomic mass is 35.5. The normalized spacial score (nSPS) is 12.7. The first-order chi connectivity index (χ1) is 16.4. The zero-order chi connectivity index (χ0) is 27.6. The van der Waals surface area contributed by atoms with Crippen LogP contribution in [-0.4, -0.2) is 49.5 Å². The highest BCUT2D eigenvalue weighted by Gasteiger charge is 2.33. The van der Waals surface area contributed by atoms with Crippen molar-refractivity contribution >= 4 is 85.5 Å². The Kier molecular flexibility index (Phi) is 10.2. The first kappa shape index (κ1) is 30.8. The molecule has 1 N–H and O–H groups in total. The van der Waals surface area contributed by atoms with Gasteiger partial charge in [-0.2, -0.15) is 0 Å². The van der Waals surface area contributed by atoms with Crippen molar-refractivity contribution in [2.75, 3.05) is 17.1 Å². The Morgan fingerprint density at radius 1 is 0.944 bits per heavy atom. The van der Waals surface area contributed by atoms with E-state index in [1.807, 2.05) is 0 Å². The third-order valence-electron chi connectivity index (χ3n) is 4.99.